The van der Waals surface area contributed by atoms with Crippen LogP contribution in [0.3, 0.4) is 0 Å². The Morgan fingerprint density at radius 2 is 2.12 bits per heavy atom. The molecule has 0 bridgehead atoms. The summed E-state index contributed by atoms with van der Waals surface area (Å²) in [6.07, 6.45) is 0.284. The van der Waals surface area contributed by atoms with Crippen LogP contribution in [0.1, 0.15) is 37.9 Å². The van der Waals surface area contributed by atoms with E-state index < -0.39 is 12.1 Å². The molecule has 3 rings (SSSR count). The Labute approximate surface area is 138 Å². The van der Waals surface area contributed by atoms with Gasteiger partial charge in [0.25, 0.3) is 0 Å². The van der Waals surface area contributed by atoms with Gasteiger partial charge < -0.3 is 10.6 Å². The molecule has 0 unspecified atom stereocenters. The average molecular weight is 345 g/mol. The number of aryl methyl sites for hydroxylation is 1. The number of rotatable bonds is 4. The smallest absolute Gasteiger partial charge is 0.352 e. The Balaban J connectivity index is 1.41. The number of fused-ring (bicyclic) bond motifs is 1. The molecule has 134 valence electrons. The van der Waals surface area contributed by atoms with E-state index in [1.807, 2.05) is 4.68 Å². The van der Waals surface area contributed by atoms with E-state index >= 15 is 0 Å². The molecule has 1 aliphatic heterocycles. The second-order valence-corrected chi connectivity index (χ2v) is 6.64. The lowest BCUT2D eigenvalue weighted by Crippen LogP contribution is -2.47. The van der Waals surface area contributed by atoms with Gasteiger partial charge in [0.1, 0.15) is 12.2 Å². The number of hydrogen-bond donors (Lipinski definition) is 2. The van der Waals surface area contributed by atoms with Crippen LogP contribution in [0.15, 0.2) is 6.33 Å². The number of aromatic nitrogens is 3. The van der Waals surface area contributed by atoms with Crippen molar-refractivity contribution >= 4 is 5.91 Å². The van der Waals surface area contributed by atoms with Crippen molar-refractivity contribution in [1.82, 2.24) is 25.4 Å². The summed E-state index contributed by atoms with van der Waals surface area (Å²) in [7, 11) is 0. The van der Waals surface area contributed by atoms with Crippen molar-refractivity contribution in [2.75, 3.05) is 6.54 Å². The predicted molar refractivity (Wildman–Crippen MR) is 80.1 cm³/mol. The van der Waals surface area contributed by atoms with E-state index in [4.69, 9.17) is 0 Å². The number of halogens is 3. The number of carbonyl (C=O) groups is 1. The van der Waals surface area contributed by atoms with Gasteiger partial charge in [-0.15, -0.1) is 0 Å². The van der Waals surface area contributed by atoms with Crippen LogP contribution in [0, 0.1) is 5.92 Å². The molecule has 24 heavy (non-hydrogen) atoms. The summed E-state index contributed by atoms with van der Waals surface area (Å²) in [5.74, 6) is -0.598. The zero-order valence-electron chi connectivity index (χ0n) is 13.4. The lowest BCUT2D eigenvalue weighted by molar-refractivity contribution is -0.184. The summed E-state index contributed by atoms with van der Waals surface area (Å²) in [6.45, 7) is 0.768. The van der Waals surface area contributed by atoms with Gasteiger partial charge in [0.15, 0.2) is 0 Å². The fourth-order valence-electron chi connectivity index (χ4n) is 3.54. The summed E-state index contributed by atoms with van der Waals surface area (Å²) >= 11 is 0. The maximum Gasteiger partial charge on any atom is 0.391 e. The molecule has 2 heterocycles. The molecule has 1 aromatic rings. The highest BCUT2D eigenvalue weighted by molar-refractivity contribution is 5.78. The lowest BCUT2D eigenvalue weighted by atomic mass is 9.85. The van der Waals surface area contributed by atoms with E-state index in [-0.39, 0.29) is 37.4 Å². The second-order valence-electron chi connectivity index (χ2n) is 6.64. The summed E-state index contributed by atoms with van der Waals surface area (Å²) in [5.41, 5.74) is 0. The van der Waals surface area contributed by atoms with Crippen molar-refractivity contribution in [3.05, 3.63) is 12.2 Å². The minimum absolute atomic E-state index is 0.0129. The molecule has 6 nitrogen and oxygen atoms in total. The highest BCUT2D eigenvalue weighted by atomic mass is 19.4. The van der Waals surface area contributed by atoms with E-state index in [0.717, 1.165) is 18.7 Å². The minimum atomic E-state index is -4.17. The first kappa shape index (κ1) is 17.2. The molecule has 0 radical (unpaired) electrons. The molecule has 2 N–H and O–H groups in total. The third kappa shape index (κ3) is 4.25. The van der Waals surface area contributed by atoms with Gasteiger partial charge in [-0.05, 0) is 25.7 Å². The molecule has 0 spiro atoms. The van der Waals surface area contributed by atoms with Gasteiger partial charge in [-0.3, -0.25) is 4.79 Å². The van der Waals surface area contributed by atoms with Crippen LogP contribution >= 0.6 is 0 Å². The Morgan fingerprint density at radius 1 is 1.29 bits per heavy atom. The fraction of sp³-hybridized carbons (Fsp3) is 0.800. The highest BCUT2D eigenvalue weighted by Crippen LogP contribution is 2.37. The largest absolute Gasteiger partial charge is 0.391 e. The van der Waals surface area contributed by atoms with E-state index in [1.54, 1.807) is 0 Å². The van der Waals surface area contributed by atoms with Crippen molar-refractivity contribution in [3.8, 4) is 0 Å². The Kier molecular flexibility index (Phi) is 5.07. The van der Waals surface area contributed by atoms with Crippen LogP contribution in [0.2, 0.25) is 0 Å². The van der Waals surface area contributed by atoms with Gasteiger partial charge in [-0.2, -0.15) is 18.3 Å². The van der Waals surface area contributed by atoms with Crippen LogP contribution in [0.25, 0.3) is 0 Å². The monoisotopic (exact) mass is 345 g/mol. The Bertz CT molecular complexity index is 574. The summed E-state index contributed by atoms with van der Waals surface area (Å²) in [4.78, 5) is 16.2. The molecule has 0 saturated heterocycles. The molecule has 1 aliphatic carbocycles. The van der Waals surface area contributed by atoms with E-state index in [9.17, 15) is 18.0 Å². The average Bonchev–Trinajstić information content (AvgIpc) is 3.00. The van der Waals surface area contributed by atoms with Crippen molar-refractivity contribution in [2.45, 2.75) is 63.3 Å². The predicted octanol–water partition coefficient (Wildman–Crippen LogP) is 1.42. The van der Waals surface area contributed by atoms with Crippen LogP contribution in [-0.2, 0) is 17.8 Å². The third-order valence-corrected chi connectivity index (χ3v) is 4.86. The SMILES string of the molecule is O=C(CN[C@@H]1CCc2ncnn2C1)N[C@H]1CCC[C@@H](C(F)(F)F)C1. The molecule has 1 amide bonds. The molecule has 0 aromatic carbocycles. The molecular weight excluding hydrogens is 323 g/mol. The number of hydrogen-bond acceptors (Lipinski definition) is 4. The van der Waals surface area contributed by atoms with Crippen molar-refractivity contribution < 1.29 is 18.0 Å². The standard InChI is InChI=1S/C15H22F3N5O/c16-15(17,18)10-2-1-3-11(6-10)22-14(24)7-19-12-4-5-13-20-9-21-23(13)8-12/h9-12,19H,1-8H2,(H,22,24)/t10-,11+,12-/m1/s1. The molecule has 9 heteroatoms. The fourth-order valence-corrected chi connectivity index (χ4v) is 3.54. The van der Waals surface area contributed by atoms with E-state index in [2.05, 4.69) is 20.7 Å². The van der Waals surface area contributed by atoms with Crippen LogP contribution in [0.5, 0.6) is 0 Å². The van der Waals surface area contributed by atoms with Gasteiger partial charge in [0, 0.05) is 18.5 Å². The van der Waals surface area contributed by atoms with E-state index in [1.165, 1.54) is 6.33 Å². The zero-order valence-corrected chi connectivity index (χ0v) is 13.4. The maximum atomic E-state index is 12.8. The van der Waals surface area contributed by atoms with Gasteiger partial charge in [-0.25, -0.2) is 9.67 Å². The summed E-state index contributed by atoms with van der Waals surface area (Å²) < 4.78 is 40.2. The van der Waals surface area contributed by atoms with Gasteiger partial charge in [-0.1, -0.05) is 6.42 Å². The molecule has 1 saturated carbocycles. The number of nitrogens with zero attached hydrogens (tertiary/aromatic N) is 3. The molecule has 1 aromatic heterocycles. The Morgan fingerprint density at radius 3 is 2.92 bits per heavy atom. The molecule has 3 atom stereocenters. The quantitative estimate of drug-likeness (QED) is 0.866. The minimum Gasteiger partial charge on any atom is -0.352 e. The lowest BCUT2D eigenvalue weighted by Gasteiger charge is -2.31. The highest BCUT2D eigenvalue weighted by Gasteiger charge is 2.42. The van der Waals surface area contributed by atoms with Gasteiger partial charge in [0.2, 0.25) is 5.91 Å². The van der Waals surface area contributed by atoms with E-state index in [0.29, 0.717) is 19.4 Å². The number of amides is 1. The molecular formula is C15H22F3N5O. The normalized spacial score (nSPS) is 27.5. The Hall–Kier alpha value is -1.64. The van der Waals surface area contributed by atoms with Gasteiger partial charge >= 0.3 is 6.18 Å². The first-order valence-corrected chi connectivity index (χ1v) is 8.38. The summed E-state index contributed by atoms with van der Waals surface area (Å²) in [5, 5.41) is 10.0. The first-order valence-electron chi connectivity index (χ1n) is 8.38. The van der Waals surface area contributed by atoms with Crippen LogP contribution in [0.4, 0.5) is 13.2 Å². The zero-order chi connectivity index (χ0) is 17.2. The molecule has 1 fully saturated rings. The van der Waals surface area contributed by atoms with Crippen molar-refractivity contribution in [3.63, 3.8) is 0 Å². The van der Waals surface area contributed by atoms with Crippen LogP contribution in [-0.4, -0.2) is 45.5 Å². The van der Waals surface area contributed by atoms with Crippen molar-refractivity contribution in [1.29, 1.82) is 0 Å². The molecule has 2 aliphatic rings. The first-order chi connectivity index (χ1) is 11.4. The second kappa shape index (κ2) is 7.08. The number of carbonyl (C=O) groups excluding carboxylic acids is 1. The summed E-state index contributed by atoms with van der Waals surface area (Å²) in [6, 6.07) is -0.257. The number of nitrogens with one attached hydrogen (secondary N) is 2. The van der Waals surface area contributed by atoms with Crippen LogP contribution < -0.4 is 10.6 Å². The third-order valence-electron chi connectivity index (χ3n) is 4.86. The topological polar surface area (TPSA) is 71.8 Å². The van der Waals surface area contributed by atoms with Crippen molar-refractivity contribution in [2.24, 2.45) is 5.92 Å². The van der Waals surface area contributed by atoms with Gasteiger partial charge in [0.05, 0.1) is 19.0 Å². The maximum absolute atomic E-state index is 12.8. The number of alkyl halides is 3.